The topological polar surface area (TPSA) is 56.1 Å². The first-order valence-corrected chi connectivity index (χ1v) is 5.82. The summed E-state index contributed by atoms with van der Waals surface area (Å²) in [5, 5.41) is 11.5. The Hall–Kier alpha value is -2.09. The molecule has 2 rings (SSSR count). The van der Waals surface area contributed by atoms with Crippen LogP contribution < -0.4 is 10.2 Å². The molecule has 1 heterocycles. The van der Waals surface area contributed by atoms with E-state index in [9.17, 15) is 9.18 Å². The summed E-state index contributed by atoms with van der Waals surface area (Å²) in [7, 11) is 0. The van der Waals surface area contributed by atoms with E-state index in [4.69, 9.17) is 5.26 Å². The quantitative estimate of drug-likeness (QED) is 0.860. The number of hydrogen-bond donors (Lipinski definition) is 1. The van der Waals surface area contributed by atoms with E-state index in [0.29, 0.717) is 12.2 Å². The molecule has 0 aromatic heterocycles. The predicted octanol–water partition coefficient (Wildman–Crippen LogP) is 1.43. The minimum absolute atomic E-state index is 0.0436. The van der Waals surface area contributed by atoms with E-state index in [1.807, 2.05) is 13.0 Å². The van der Waals surface area contributed by atoms with Crippen molar-refractivity contribution < 1.29 is 9.18 Å². The highest BCUT2D eigenvalue weighted by atomic mass is 19.1. The molecule has 2 atom stereocenters. The van der Waals surface area contributed by atoms with Crippen LogP contribution in [0.4, 0.5) is 10.1 Å². The molecular formula is C13H14FN3O. The number of anilines is 1. The molecule has 1 fully saturated rings. The van der Waals surface area contributed by atoms with Crippen LogP contribution in [0.25, 0.3) is 0 Å². The third-order valence-electron chi connectivity index (χ3n) is 3.10. The summed E-state index contributed by atoms with van der Waals surface area (Å²) < 4.78 is 13.8. The normalized spacial score (nSPS) is 23.4. The molecule has 1 aromatic rings. The largest absolute Gasteiger partial charge is 0.352 e. The van der Waals surface area contributed by atoms with Crippen molar-refractivity contribution in [2.75, 3.05) is 11.4 Å². The first-order valence-electron chi connectivity index (χ1n) is 5.82. The lowest BCUT2D eigenvalue weighted by Crippen LogP contribution is -2.60. The molecule has 18 heavy (non-hydrogen) atoms. The first-order chi connectivity index (χ1) is 8.65. The van der Waals surface area contributed by atoms with Crippen molar-refractivity contribution in [3.8, 4) is 6.07 Å². The molecular weight excluding hydrogens is 233 g/mol. The fraction of sp³-hybridized carbons (Fsp3) is 0.385. The van der Waals surface area contributed by atoms with Crippen LogP contribution >= 0.6 is 0 Å². The molecule has 94 valence electrons. The van der Waals surface area contributed by atoms with E-state index in [1.54, 1.807) is 23.1 Å². The molecule has 1 aliphatic rings. The summed E-state index contributed by atoms with van der Waals surface area (Å²) in [6.45, 7) is 2.35. The number of rotatable bonds is 2. The highest BCUT2D eigenvalue weighted by Crippen LogP contribution is 2.26. The number of para-hydroxylation sites is 1. The van der Waals surface area contributed by atoms with Crippen LogP contribution in [0, 0.1) is 17.1 Å². The summed E-state index contributed by atoms with van der Waals surface area (Å²) >= 11 is 0. The zero-order valence-electron chi connectivity index (χ0n) is 10.1. The summed E-state index contributed by atoms with van der Waals surface area (Å²) in [4.78, 5) is 13.5. The molecule has 4 nitrogen and oxygen atoms in total. The first kappa shape index (κ1) is 12.4. The van der Waals surface area contributed by atoms with Gasteiger partial charge in [-0.05, 0) is 19.1 Å². The Morgan fingerprint density at radius 2 is 2.28 bits per heavy atom. The van der Waals surface area contributed by atoms with Gasteiger partial charge in [-0.1, -0.05) is 12.1 Å². The lowest BCUT2D eigenvalue weighted by molar-refractivity contribution is -0.123. The van der Waals surface area contributed by atoms with Gasteiger partial charge in [0.05, 0.1) is 18.2 Å². The molecule has 0 aliphatic carbocycles. The average molecular weight is 247 g/mol. The molecule has 1 aliphatic heterocycles. The van der Waals surface area contributed by atoms with Gasteiger partial charge in [-0.25, -0.2) is 4.39 Å². The summed E-state index contributed by atoms with van der Waals surface area (Å²) in [5.41, 5.74) is 0.375. The van der Waals surface area contributed by atoms with E-state index in [0.717, 1.165) is 0 Å². The molecule has 1 saturated heterocycles. The lowest BCUT2D eigenvalue weighted by atomic mass is 10.0. The van der Waals surface area contributed by atoms with Gasteiger partial charge in [-0.3, -0.25) is 4.79 Å². The molecule has 1 aromatic carbocycles. The van der Waals surface area contributed by atoms with E-state index in [2.05, 4.69) is 5.32 Å². The Morgan fingerprint density at radius 1 is 1.56 bits per heavy atom. The van der Waals surface area contributed by atoms with Crippen molar-refractivity contribution in [3.05, 3.63) is 30.1 Å². The van der Waals surface area contributed by atoms with Crippen LogP contribution in [0.3, 0.4) is 0 Å². The number of amides is 1. The number of benzene rings is 1. The van der Waals surface area contributed by atoms with Crippen molar-refractivity contribution >= 4 is 11.6 Å². The zero-order valence-corrected chi connectivity index (χ0v) is 10.1. The second-order valence-corrected chi connectivity index (χ2v) is 4.33. The zero-order chi connectivity index (χ0) is 13.1. The Labute approximate surface area is 105 Å². The fourth-order valence-corrected chi connectivity index (χ4v) is 2.24. The Morgan fingerprint density at radius 3 is 2.94 bits per heavy atom. The number of nitrogens with one attached hydrogen (secondary N) is 1. The van der Waals surface area contributed by atoms with Crippen molar-refractivity contribution in [2.24, 2.45) is 0 Å². The fourth-order valence-electron chi connectivity index (χ4n) is 2.24. The van der Waals surface area contributed by atoms with Gasteiger partial charge in [0.15, 0.2) is 0 Å². The van der Waals surface area contributed by atoms with Gasteiger partial charge in [0, 0.05) is 12.6 Å². The van der Waals surface area contributed by atoms with Gasteiger partial charge in [0.25, 0.3) is 0 Å². The van der Waals surface area contributed by atoms with Crippen molar-refractivity contribution in [3.63, 3.8) is 0 Å². The molecule has 0 radical (unpaired) electrons. The van der Waals surface area contributed by atoms with E-state index in [1.165, 1.54) is 6.07 Å². The van der Waals surface area contributed by atoms with Gasteiger partial charge >= 0.3 is 0 Å². The van der Waals surface area contributed by atoms with Crippen LogP contribution in [0.2, 0.25) is 0 Å². The highest BCUT2D eigenvalue weighted by Gasteiger charge is 2.35. The number of nitriles is 1. The lowest BCUT2D eigenvalue weighted by Gasteiger charge is -2.40. The molecule has 2 unspecified atom stereocenters. The predicted molar refractivity (Wildman–Crippen MR) is 65.4 cm³/mol. The molecule has 0 spiro atoms. The third kappa shape index (κ3) is 2.14. The van der Waals surface area contributed by atoms with Crippen LogP contribution in [-0.2, 0) is 4.79 Å². The van der Waals surface area contributed by atoms with Gasteiger partial charge in [-0.15, -0.1) is 0 Å². The van der Waals surface area contributed by atoms with Gasteiger partial charge in [0.1, 0.15) is 11.9 Å². The number of carbonyl (C=O) groups excluding carboxylic acids is 1. The standard InChI is InChI=1S/C13H14FN3O/c1-9-8-16-13(18)12(6-7-15)17(9)11-5-3-2-4-10(11)14/h2-5,9,12H,6,8H2,1H3,(H,16,18). The maximum atomic E-state index is 13.8. The van der Waals surface area contributed by atoms with E-state index < -0.39 is 6.04 Å². The van der Waals surface area contributed by atoms with Crippen molar-refractivity contribution in [2.45, 2.75) is 25.4 Å². The van der Waals surface area contributed by atoms with Crippen molar-refractivity contribution in [1.29, 1.82) is 5.26 Å². The van der Waals surface area contributed by atoms with Gasteiger partial charge < -0.3 is 10.2 Å². The molecule has 0 saturated carbocycles. The SMILES string of the molecule is CC1CNC(=O)C(CC#N)N1c1ccccc1F. The summed E-state index contributed by atoms with van der Waals surface area (Å²) in [6, 6.07) is 7.63. The number of piperazine rings is 1. The number of halogens is 1. The van der Waals surface area contributed by atoms with Crippen molar-refractivity contribution in [1.82, 2.24) is 5.32 Å². The van der Waals surface area contributed by atoms with Gasteiger partial charge in [0.2, 0.25) is 5.91 Å². The number of nitrogens with zero attached hydrogens (tertiary/aromatic N) is 2. The van der Waals surface area contributed by atoms with Crippen LogP contribution in [0.15, 0.2) is 24.3 Å². The van der Waals surface area contributed by atoms with Crippen LogP contribution in [0.5, 0.6) is 0 Å². The second kappa shape index (κ2) is 5.05. The third-order valence-corrected chi connectivity index (χ3v) is 3.10. The summed E-state index contributed by atoms with van der Waals surface area (Å²) in [5.74, 6) is -0.597. The number of hydrogen-bond acceptors (Lipinski definition) is 3. The highest BCUT2D eigenvalue weighted by molar-refractivity contribution is 5.87. The monoisotopic (exact) mass is 247 g/mol. The maximum Gasteiger partial charge on any atom is 0.243 e. The minimum atomic E-state index is -0.629. The van der Waals surface area contributed by atoms with E-state index >= 15 is 0 Å². The second-order valence-electron chi connectivity index (χ2n) is 4.33. The molecule has 1 N–H and O–H groups in total. The Balaban J connectivity index is 2.40. The van der Waals surface area contributed by atoms with Crippen LogP contribution in [-0.4, -0.2) is 24.5 Å². The molecule has 1 amide bonds. The number of carbonyl (C=O) groups is 1. The maximum absolute atomic E-state index is 13.8. The van der Waals surface area contributed by atoms with E-state index in [-0.39, 0.29) is 24.2 Å². The molecule has 5 heteroatoms. The van der Waals surface area contributed by atoms with Gasteiger partial charge in [-0.2, -0.15) is 5.26 Å². The average Bonchev–Trinajstić information content (AvgIpc) is 2.36. The Kier molecular flexibility index (Phi) is 3.47. The smallest absolute Gasteiger partial charge is 0.243 e. The summed E-state index contributed by atoms with van der Waals surface area (Å²) in [6.07, 6.45) is 0.0461. The Bertz CT molecular complexity index is 497. The van der Waals surface area contributed by atoms with Crippen LogP contribution in [0.1, 0.15) is 13.3 Å². The minimum Gasteiger partial charge on any atom is -0.352 e. The molecule has 0 bridgehead atoms.